The Bertz CT molecular complexity index is 7020. The lowest BCUT2D eigenvalue weighted by molar-refractivity contribution is -0.143. The number of aryl methyl sites for hydroxylation is 1. The summed E-state index contributed by atoms with van der Waals surface area (Å²) in [4.78, 5) is 43.1. The lowest BCUT2D eigenvalue weighted by Crippen LogP contribution is -2.59. The van der Waals surface area contributed by atoms with E-state index in [4.69, 9.17) is 39.8 Å². The van der Waals surface area contributed by atoms with Gasteiger partial charge < -0.3 is 33.5 Å². The molecule has 15 aromatic rings. The van der Waals surface area contributed by atoms with Crippen LogP contribution in [0.1, 0.15) is 277 Å². The Morgan fingerprint density at radius 1 is 0.545 bits per heavy atom. The van der Waals surface area contributed by atoms with Gasteiger partial charge >= 0.3 is 0 Å². The van der Waals surface area contributed by atoms with Crippen LogP contribution in [0.25, 0.3) is 45.3 Å². The molecule has 0 bridgehead atoms. The van der Waals surface area contributed by atoms with Crippen molar-refractivity contribution in [2.24, 2.45) is 11.8 Å². The number of Topliss-reactive ketones (excluding diaryl/α,β-unsaturated/α-hetero) is 3. The number of nitrogens with zero attached hydrogens (tertiary/aromatic N) is 4. The fraction of sp³-hybridized carbons (Fsp3) is 0.312. The quantitative estimate of drug-likeness (QED) is 0.0908. The zero-order valence-corrected chi connectivity index (χ0v) is 88.8. The second-order valence-electron chi connectivity index (χ2n) is 41.2. The van der Waals surface area contributed by atoms with E-state index in [2.05, 4.69) is 259 Å². The SMILES string of the molecule is CC(C)(C)c1ccc(/C=C2\CCCCC2=O)cc1.CC(C)c1ccc2c(c1)CC(=O)c1ccccc1S2.CC(C)c1ccc2c(c1)Cc1cccnc1O2.CC(C)c1nn(-c2ccc(F)cc2)cc1-c1ccc(Cl)cc1.CCC1(C(C)C)OCC(Cc2ccccc2)C2c3ccccc3NC21.COc1ccc(-c2noc(C(C)C)c2-c2cccc(OC)c2)cc1.Cc1ccc2c(c1)CC(=O)c1cc(C(C)C)ccc1O2. The van der Waals surface area contributed by atoms with E-state index in [1.165, 1.54) is 67.2 Å². The fourth-order valence-corrected chi connectivity index (χ4v) is 20.8. The molecule has 1 N–H and O–H groups in total. The van der Waals surface area contributed by atoms with Crippen LogP contribution in [0.4, 0.5) is 10.1 Å². The number of fused-ring (bicyclic) bond motifs is 9. The molecule has 0 amide bonds. The minimum Gasteiger partial charge on any atom is -0.497 e. The smallest absolute Gasteiger partial charge is 0.222 e. The van der Waals surface area contributed by atoms with Crippen LogP contribution >= 0.6 is 23.4 Å². The summed E-state index contributed by atoms with van der Waals surface area (Å²) < 4.78 is 49.5. The molecule has 1 saturated heterocycles. The minimum atomic E-state index is -0.252. The Labute approximate surface area is 866 Å². The molecule has 0 radical (unpaired) electrons. The number of benzene rings is 12. The molecule has 17 heteroatoms. The Kier molecular flexibility index (Phi) is 35.0. The highest BCUT2D eigenvalue weighted by Crippen LogP contribution is 2.53. The van der Waals surface area contributed by atoms with Crippen LogP contribution in [0, 0.1) is 24.6 Å². The van der Waals surface area contributed by atoms with Gasteiger partial charge in [0.25, 0.3) is 0 Å². The number of allylic oxidation sites excluding steroid dienone is 1. The van der Waals surface area contributed by atoms with Crippen molar-refractivity contribution in [3.8, 4) is 73.8 Å². The fourth-order valence-electron chi connectivity index (χ4n) is 19.6. The van der Waals surface area contributed by atoms with E-state index in [0.29, 0.717) is 76.5 Å². The summed E-state index contributed by atoms with van der Waals surface area (Å²) in [6.45, 7) is 37.9. The normalized spacial score (nSPS) is 16.4. The Morgan fingerprint density at radius 2 is 1.17 bits per heavy atom. The zero-order valence-electron chi connectivity index (χ0n) is 87.3. The Morgan fingerprint density at radius 3 is 1.85 bits per heavy atom. The first-order valence-corrected chi connectivity index (χ1v) is 52.3. The van der Waals surface area contributed by atoms with Crippen molar-refractivity contribution < 1.29 is 47.0 Å². The van der Waals surface area contributed by atoms with Gasteiger partial charge in [-0.25, -0.2) is 14.1 Å². The van der Waals surface area contributed by atoms with Crippen LogP contribution in [0.5, 0.6) is 34.6 Å². The van der Waals surface area contributed by atoms with Crippen LogP contribution < -0.4 is 24.3 Å². The molecule has 1 aliphatic carbocycles. The summed E-state index contributed by atoms with van der Waals surface area (Å²) in [5.74, 6) is 9.57. The highest BCUT2D eigenvalue weighted by atomic mass is 35.5. The van der Waals surface area contributed by atoms with Gasteiger partial charge in [-0.05, 0) is 274 Å². The van der Waals surface area contributed by atoms with Crippen molar-refractivity contribution in [2.75, 3.05) is 26.1 Å². The number of para-hydroxylation sites is 1. The minimum absolute atomic E-state index is 0.0864. The molecule has 6 aliphatic rings. The number of anilines is 1. The van der Waals surface area contributed by atoms with E-state index >= 15 is 0 Å². The highest BCUT2D eigenvalue weighted by Gasteiger charge is 2.55. The number of halogens is 2. The number of hydrogen-bond donors (Lipinski definition) is 1. The third-order valence-electron chi connectivity index (χ3n) is 28.0. The summed E-state index contributed by atoms with van der Waals surface area (Å²) in [5.41, 5.74) is 26.7. The maximum Gasteiger partial charge on any atom is 0.222 e. The second kappa shape index (κ2) is 48.0. The molecule has 748 valence electrons. The summed E-state index contributed by atoms with van der Waals surface area (Å²) in [6, 6.07) is 95.3. The number of nitrogens with one attached hydrogen (secondary N) is 1. The summed E-state index contributed by atoms with van der Waals surface area (Å²) in [6.07, 6.45) is 13.7. The van der Waals surface area contributed by atoms with Crippen LogP contribution in [0.2, 0.25) is 5.02 Å². The number of ether oxygens (including phenoxy) is 5. The number of hydrogen-bond acceptors (Lipinski definition) is 14. The van der Waals surface area contributed by atoms with E-state index in [1.54, 1.807) is 49.0 Å². The van der Waals surface area contributed by atoms with Gasteiger partial charge in [0.05, 0.1) is 55.0 Å². The number of carbonyl (C=O) groups excluding carboxylic acids is 3. The van der Waals surface area contributed by atoms with Gasteiger partial charge in [-0.15, -0.1) is 0 Å². The summed E-state index contributed by atoms with van der Waals surface area (Å²) in [5, 5.41) is 13.6. The molecule has 5 aliphatic heterocycles. The summed E-state index contributed by atoms with van der Waals surface area (Å²) in [7, 11) is 3.32. The largest absolute Gasteiger partial charge is 0.497 e. The second-order valence-corrected chi connectivity index (χ2v) is 42.8. The van der Waals surface area contributed by atoms with Crippen LogP contribution in [-0.2, 0) is 40.6 Å². The van der Waals surface area contributed by atoms with Crippen molar-refractivity contribution in [3.05, 3.63) is 403 Å². The number of rotatable bonds is 16. The molecule has 21 rings (SSSR count). The van der Waals surface area contributed by atoms with E-state index in [-0.39, 0.29) is 40.2 Å². The van der Waals surface area contributed by atoms with Crippen molar-refractivity contribution in [1.82, 2.24) is 19.9 Å². The predicted octanol–water partition coefficient (Wildman–Crippen LogP) is 33.6. The van der Waals surface area contributed by atoms with Gasteiger partial charge in [-0.1, -0.05) is 309 Å². The van der Waals surface area contributed by atoms with Crippen LogP contribution in [0.3, 0.4) is 0 Å². The van der Waals surface area contributed by atoms with Gasteiger partial charge in [-0.3, -0.25) is 14.4 Å². The first-order chi connectivity index (χ1) is 69.7. The van der Waals surface area contributed by atoms with Crippen LogP contribution in [-0.4, -0.2) is 69.7 Å². The molecule has 4 atom stereocenters. The number of methoxy groups -OCH3 is 2. The van der Waals surface area contributed by atoms with E-state index in [9.17, 15) is 18.8 Å². The van der Waals surface area contributed by atoms with Crippen molar-refractivity contribution >= 4 is 52.5 Å². The molecular formula is C128H137ClFN5O9S. The van der Waals surface area contributed by atoms with E-state index in [1.807, 2.05) is 153 Å². The molecule has 3 aromatic heterocycles. The molecular weight excluding hydrogens is 1840 g/mol. The standard InChI is InChI=1S/C23H29NO.C20H21NO3.C18H16ClFN2.C18H18O2.C17H16OS.C17H22O.C15H15NO/c1-4-23(16(2)3)22-21(19-12-8-9-13-20(19)24-22)18(15-25-23)14-17-10-6-5-7-11-17;1-13(2)20-18(15-6-5-7-17(12-15)23-4)19(21-24-20)14-8-10-16(22-3)11-9-14;1-12(2)18-17(13-3-5-14(19)6-4-13)11-22(21-18)16-9-7-15(20)8-10-16;1-11(2)13-5-7-18-15(9-13)16(19)10-14-8-12(3)4-6-17(14)20-18;1-11(2)12-7-8-16-13(9-12)10-15(18)14-5-3-4-6-17(14)19-16;1-17(2,3)15-10-8-13(9-11-15)12-14-6-4-5-7-16(14)18;1-10(2)11-5-6-14-13(8-11)9-12-4-3-7-16-15(12)17-14/h5-13,16,18,21-22,24H,4,14-15H2,1-3H3;5-13H,1-4H3;3-12H,1-2H3;4-9,11H,10H2,1-3H3;3-9,11H,10H2,1-2H3;8-12H,4-7H2,1-3H3;3-8,10H,9H2,1-2H3/b;;;;;14-12+;. The maximum absolute atomic E-state index is 13.1. The maximum atomic E-state index is 13.1. The zero-order chi connectivity index (χ0) is 103. The lowest BCUT2D eigenvalue weighted by Gasteiger charge is -2.51. The van der Waals surface area contributed by atoms with Crippen LogP contribution in [0.15, 0.2) is 317 Å². The first-order valence-electron chi connectivity index (χ1n) is 51.1. The average Bonchev–Trinajstić information content (AvgIpc) is 1.58. The van der Waals surface area contributed by atoms with Gasteiger partial charge in [0.15, 0.2) is 17.3 Å². The molecule has 2 fully saturated rings. The van der Waals surface area contributed by atoms with Gasteiger partial charge in [0.2, 0.25) is 5.88 Å². The average molecular weight is 1980 g/mol. The third-order valence-corrected chi connectivity index (χ3v) is 29.4. The third kappa shape index (κ3) is 25.9. The number of ketones is 3. The molecule has 8 heterocycles. The van der Waals surface area contributed by atoms with Crippen molar-refractivity contribution in [1.29, 1.82) is 0 Å². The Balaban J connectivity index is 0.000000128. The van der Waals surface area contributed by atoms with Gasteiger partial charge in [0, 0.05) is 98.2 Å². The molecule has 0 spiro atoms. The topological polar surface area (TPSA) is 166 Å². The van der Waals surface area contributed by atoms with Crippen molar-refractivity contribution in [2.45, 2.75) is 238 Å². The van der Waals surface area contributed by atoms with Gasteiger partial charge in [0.1, 0.15) is 46.0 Å². The molecule has 14 nitrogen and oxygen atoms in total. The molecule has 1 saturated carbocycles. The first kappa shape index (κ1) is 106. The van der Waals surface area contributed by atoms with E-state index < -0.39 is 0 Å². The number of carbonyl (C=O) groups is 3. The number of aromatic nitrogens is 4. The van der Waals surface area contributed by atoms with Crippen molar-refractivity contribution in [3.63, 3.8) is 0 Å². The number of pyridine rings is 1. The summed E-state index contributed by atoms with van der Waals surface area (Å²) >= 11 is 7.67. The Hall–Kier alpha value is -13.5. The lowest BCUT2D eigenvalue weighted by atomic mass is 9.67. The molecule has 12 aromatic carbocycles. The van der Waals surface area contributed by atoms with E-state index in [0.717, 1.165) is 169 Å². The highest BCUT2D eigenvalue weighted by molar-refractivity contribution is 7.99. The monoisotopic (exact) mass is 1970 g/mol. The molecule has 145 heavy (non-hydrogen) atoms. The molecule has 4 unspecified atom stereocenters. The van der Waals surface area contributed by atoms with Gasteiger partial charge in [-0.2, -0.15) is 5.10 Å². The predicted molar refractivity (Wildman–Crippen MR) is 590 cm³/mol.